The van der Waals surface area contributed by atoms with Crippen LogP contribution >= 0.6 is 0 Å². The number of rotatable bonds is 2. The average Bonchev–Trinajstić information content (AvgIpc) is 2.31. The van der Waals surface area contributed by atoms with Crippen molar-refractivity contribution in [3.63, 3.8) is 0 Å². The monoisotopic (exact) mass is 211 g/mol. The highest BCUT2D eigenvalue weighted by molar-refractivity contribution is 5.61. The summed E-state index contributed by atoms with van der Waals surface area (Å²) >= 11 is 0. The number of nitriles is 1. The molecule has 0 aliphatic carbocycles. The molecule has 2 heterocycles. The van der Waals surface area contributed by atoms with Crippen molar-refractivity contribution < 1.29 is 0 Å². The molecule has 0 spiro atoms. The second-order valence-corrected chi connectivity index (χ2v) is 3.30. The number of H-pyrrole nitrogens is 1. The highest BCUT2D eigenvalue weighted by Gasteiger charge is 2.03. The maximum atomic E-state index is 11.7. The minimum absolute atomic E-state index is 0.182. The first kappa shape index (κ1) is 10.1. The maximum absolute atomic E-state index is 11.7. The Kier molecular flexibility index (Phi) is 2.79. The van der Waals surface area contributed by atoms with E-state index in [2.05, 4.69) is 9.97 Å². The first-order valence-electron chi connectivity index (χ1n) is 4.81. The second-order valence-electron chi connectivity index (χ2n) is 3.30. The molecule has 0 fully saturated rings. The van der Waals surface area contributed by atoms with Crippen molar-refractivity contribution in [2.45, 2.75) is 6.42 Å². The van der Waals surface area contributed by atoms with Gasteiger partial charge in [0.15, 0.2) is 0 Å². The van der Waals surface area contributed by atoms with Crippen molar-refractivity contribution in [3.8, 4) is 17.2 Å². The molecule has 0 radical (unpaired) electrons. The predicted molar refractivity (Wildman–Crippen MR) is 59.6 cm³/mol. The van der Waals surface area contributed by atoms with Crippen LogP contribution in [0.15, 0.2) is 41.5 Å². The highest BCUT2D eigenvalue weighted by Crippen LogP contribution is 2.13. The van der Waals surface area contributed by atoms with Crippen LogP contribution < -0.4 is 5.56 Å². The van der Waals surface area contributed by atoms with E-state index >= 15 is 0 Å². The van der Waals surface area contributed by atoms with Gasteiger partial charge in [0, 0.05) is 23.7 Å². The molecule has 0 saturated carbocycles. The van der Waals surface area contributed by atoms with Crippen LogP contribution in [-0.2, 0) is 6.42 Å². The summed E-state index contributed by atoms with van der Waals surface area (Å²) in [6.45, 7) is 0. The van der Waals surface area contributed by atoms with E-state index in [9.17, 15) is 4.79 Å². The molecule has 0 amide bonds. The Hall–Kier alpha value is -2.41. The molecule has 0 aliphatic heterocycles. The molecular formula is C12H9N3O. The standard InChI is InChI=1S/C12H9N3O/c13-6-3-10-1-2-11(12(16)15-10)9-4-7-14-8-5-9/h1-2,4-5,7-8H,3H2,(H,15,16). The minimum atomic E-state index is -0.182. The minimum Gasteiger partial charge on any atom is -0.325 e. The Morgan fingerprint density at radius 1 is 1.25 bits per heavy atom. The number of nitrogens with zero attached hydrogens (tertiary/aromatic N) is 2. The molecule has 4 heteroatoms. The van der Waals surface area contributed by atoms with Crippen molar-refractivity contribution in [1.29, 1.82) is 5.26 Å². The van der Waals surface area contributed by atoms with Crippen LogP contribution in [0.25, 0.3) is 11.1 Å². The van der Waals surface area contributed by atoms with E-state index in [1.54, 1.807) is 36.7 Å². The molecule has 2 aromatic rings. The van der Waals surface area contributed by atoms with Crippen LogP contribution in [0.1, 0.15) is 5.69 Å². The third-order valence-electron chi connectivity index (χ3n) is 2.23. The zero-order valence-electron chi connectivity index (χ0n) is 8.47. The summed E-state index contributed by atoms with van der Waals surface area (Å²) in [5, 5.41) is 8.52. The largest absolute Gasteiger partial charge is 0.325 e. The lowest BCUT2D eigenvalue weighted by Crippen LogP contribution is -2.10. The lowest BCUT2D eigenvalue weighted by atomic mass is 10.1. The van der Waals surface area contributed by atoms with E-state index in [0.29, 0.717) is 11.3 Å². The summed E-state index contributed by atoms with van der Waals surface area (Å²) in [6.07, 6.45) is 3.49. The average molecular weight is 211 g/mol. The van der Waals surface area contributed by atoms with Crippen molar-refractivity contribution >= 4 is 0 Å². The van der Waals surface area contributed by atoms with Gasteiger partial charge in [-0.3, -0.25) is 9.78 Å². The van der Waals surface area contributed by atoms with Crippen LogP contribution in [0.2, 0.25) is 0 Å². The second kappa shape index (κ2) is 4.41. The summed E-state index contributed by atoms with van der Waals surface area (Å²) in [7, 11) is 0. The zero-order chi connectivity index (χ0) is 11.4. The normalized spacial score (nSPS) is 9.69. The Balaban J connectivity index is 2.46. The van der Waals surface area contributed by atoms with E-state index in [4.69, 9.17) is 5.26 Å². The van der Waals surface area contributed by atoms with Gasteiger partial charge in [-0.2, -0.15) is 5.26 Å². The number of nitrogens with one attached hydrogen (secondary N) is 1. The summed E-state index contributed by atoms with van der Waals surface area (Å²) < 4.78 is 0. The van der Waals surface area contributed by atoms with Gasteiger partial charge in [0.2, 0.25) is 0 Å². The van der Waals surface area contributed by atoms with Gasteiger partial charge in [-0.1, -0.05) is 0 Å². The number of hydrogen-bond acceptors (Lipinski definition) is 3. The van der Waals surface area contributed by atoms with Gasteiger partial charge in [0.25, 0.3) is 5.56 Å². The Bertz CT molecular complexity index is 581. The molecule has 1 N–H and O–H groups in total. The molecular weight excluding hydrogens is 202 g/mol. The topological polar surface area (TPSA) is 69.5 Å². The molecule has 0 bridgehead atoms. The van der Waals surface area contributed by atoms with Gasteiger partial charge < -0.3 is 4.98 Å². The SMILES string of the molecule is N#CCc1ccc(-c2ccncc2)c(=O)[nH]1. The van der Waals surface area contributed by atoms with E-state index in [0.717, 1.165) is 5.56 Å². The fourth-order valence-electron chi connectivity index (χ4n) is 1.46. The van der Waals surface area contributed by atoms with Gasteiger partial charge in [-0.05, 0) is 29.8 Å². The first-order chi connectivity index (χ1) is 7.81. The Labute approximate surface area is 92.2 Å². The van der Waals surface area contributed by atoms with E-state index in [1.807, 2.05) is 6.07 Å². The van der Waals surface area contributed by atoms with Crippen molar-refractivity contribution in [1.82, 2.24) is 9.97 Å². The molecule has 0 saturated heterocycles. The fraction of sp³-hybridized carbons (Fsp3) is 0.0833. The predicted octanol–water partition coefficient (Wildman–Crippen LogP) is 1.50. The maximum Gasteiger partial charge on any atom is 0.256 e. The smallest absolute Gasteiger partial charge is 0.256 e. The third-order valence-corrected chi connectivity index (χ3v) is 2.23. The van der Waals surface area contributed by atoms with Gasteiger partial charge in [0.05, 0.1) is 12.5 Å². The molecule has 16 heavy (non-hydrogen) atoms. The Morgan fingerprint density at radius 2 is 2.00 bits per heavy atom. The van der Waals surface area contributed by atoms with Crippen molar-refractivity contribution in [2.24, 2.45) is 0 Å². The van der Waals surface area contributed by atoms with Crippen LogP contribution in [-0.4, -0.2) is 9.97 Å². The van der Waals surface area contributed by atoms with Gasteiger partial charge in [0.1, 0.15) is 0 Å². The number of hydrogen-bond donors (Lipinski definition) is 1. The fourth-order valence-corrected chi connectivity index (χ4v) is 1.46. The summed E-state index contributed by atoms with van der Waals surface area (Å²) in [6, 6.07) is 9.01. The molecule has 0 aliphatic rings. The van der Waals surface area contributed by atoms with Gasteiger partial charge in [-0.25, -0.2) is 0 Å². The summed E-state index contributed by atoms with van der Waals surface area (Å²) in [5.41, 5.74) is 1.85. The lowest BCUT2D eigenvalue weighted by Gasteiger charge is -2.01. The molecule has 2 rings (SSSR count). The number of pyridine rings is 2. The first-order valence-corrected chi connectivity index (χ1v) is 4.81. The molecule has 0 atom stereocenters. The highest BCUT2D eigenvalue weighted by atomic mass is 16.1. The Morgan fingerprint density at radius 3 is 2.62 bits per heavy atom. The molecule has 0 unspecified atom stereocenters. The quantitative estimate of drug-likeness (QED) is 0.818. The van der Waals surface area contributed by atoms with Crippen LogP contribution in [0.5, 0.6) is 0 Å². The number of aromatic amines is 1. The number of aromatic nitrogens is 2. The van der Waals surface area contributed by atoms with Gasteiger partial charge in [-0.15, -0.1) is 0 Å². The molecule has 2 aromatic heterocycles. The molecule has 0 aromatic carbocycles. The van der Waals surface area contributed by atoms with E-state index in [1.165, 1.54) is 0 Å². The lowest BCUT2D eigenvalue weighted by molar-refractivity contribution is 1.08. The van der Waals surface area contributed by atoms with Crippen LogP contribution in [0.3, 0.4) is 0 Å². The summed E-state index contributed by atoms with van der Waals surface area (Å²) in [4.78, 5) is 18.3. The van der Waals surface area contributed by atoms with Crippen molar-refractivity contribution in [3.05, 3.63) is 52.7 Å². The van der Waals surface area contributed by atoms with E-state index < -0.39 is 0 Å². The summed E-state index contributed by atoms with van der Waals surface area (Å²) in [5.74, 6) is 0. The molecule has 4 nitrogen and oxygen atoms in total. The molecule has 78 valence electrons. The van der Waals surface area contributed by atoms with Crippen LogP contribution in [0.4, 0.5) is 0 Å². The van der Waals surface area contributed by atoms with Crippen LogP contribution in [0, 0.1) is 11.3 Å². The zero-order valence-corrected chi connectivity index (χ0v) is 8.47. The van der Waals surface area contributed by atoms with E-state index in [-0.39, 0.29) is 12.0 Å². The van der Waals surface area contributed by atoms with Crippen molar-refractivity contribution in [2.75, 3.05) is 0 Å². The van der Waals surface area contributed by atoms with Gasteiger partial charge >= 0.3 is 0 Å². The third kappa shape index (κ3) is 1.98.